The molecule has 0 atom stereocenters. The molecule has 0 unspecified atom stereocenters. The molecule has 6 heteroatoms. The highest BCUT2D eigenvalue weighted by molar-refractivity contribution is 6.05. The van der Waals surface area contributed by atoms with Gasteiger partial charge in [-0.05, 0) is 54.0 Å². The number of rotatable bonds is 7. The van der Waals surface area contributed by atoms with Gasteiger partial charge in [0.25, 0.3) is 5.91 Å². The van der Waals surface area contributed by atoms with Crippen molar-refractivity contribution < 1.29 is 9.59 Å². The molecular formula is C26H24N4O2. The van der Waals surface area contributed by atoms with E-state index in [9.17, 15) is 9.59 Å². The van der Waals surface area contributed by atoms with Gasteiger partial charge in [-0.15, -0.1) is 0 Å². The number of H-pyrrole nitrogens is 1. The van der Waals surface area contributed by atoms with Gasteiger partial charge in [0.1, 0.15) is 0 Å². The molecule has 3 aromatic carbocycles. The van der Waals surface area contributed by atoms with Gasteiger partial charge in [0.05, 0.1) is 11.4 Å². The number of hydrogen-bond donors (Lipinski definition) is 4. The average Bonchev–Trinajstić information content (AvgIpc) is 3.23. The maximum Gasteiger partial charge on any atom is 0.255 e. The number of carbonyl (C=O) groups excluding carboxylic acids is 2. The third kappa shape index (κ3) is 5.05. The van der Waals surface area contributed by atoms with E-state index in [1.165, 1.54) is 17.0 Å². The third-order valence-electron chi connectivity index (χ3n) is 5.18. The SMILES string of the molecule is Nc1ccccc1NC(=O)c1ccc(C=CC(=O)NCCc2c[nH]c3ccccc23)cc1. The summed E-state index contributed by atoms with van der Waals surface area (Å²) in [5.74, 6) is -0.403. The van der Waals surface area contributed by atoms with E-state index in [4.69, 9.17) is 5.73 Å². The molecule has 1 aromatic heterocycles. The summed E-state index contributed by atoms with van der Waals surface area (Å²) < 4.78 is 0. The van der Waals surface area contributed by atoms with Crippen molar-refractivity contribution in [3.8, 4) is 0 Å². The molecule has 0 radical (unpaired) electrons. The number of aromatic amines is 1. The minimum atomic E-state index is -0.242. The Morgan fingerprint density at radius 1 is 0.938 bits per heavy atom. The summed E-state index contributed by atoms with van der Waals surface area (Å²) in [5, 5.41) is 6.87. The first-order valence-electron chi connectivity index (χ1n) is 10.4. The van der Waals surface area contributed by atoms with E-state index in [1.54, 1.807) is 42.5 Å². The Morgan fingerprint density at radius 3 is 2.50 bits per heavy atom. The fraction of sp³-hybridized carbons (Fsp3) is 0.0769. The second kappa shape index (κ2) is 9.66. The summed E-state index contributed by atoms with van der Waals surface area (Å²) in [6.45, 7) is 0.548. The van der Waals surface area contributed by atoms with Gasteiger partial charge in [0.15, 0.2) is 0 Å². The number of aromatic nitrogens is 1. The van der Waals surface area contributed by atoms with Gasteiger partial charge in [-0.25, -0.2) is 0 Å². The van der Waals surface area contributed by atoms with Crippen molar-refractivity contribution in [1.82, 2.24) is 10.3 Å². The summed E-state index contributed by atoms with van der Waals surface area (Å²) in [6.07, 6.45) is 5.95. The van der Waals surface area contributed by atoms with Crippen LogP contribution in [0.15, 0.2) is 85.1 Å². The van der Waals surface area contributed by atoms with Crippen LogP contribution in [0.1, 0.15) is 21.5 Å². The zero-order chi connectivity index (χ0) is 22.3. The zero-order valence-electron chi connectivity index (χ0n) is 17.5. The number of anilines is 2. The van der Waals surface area contributed by atoms with Crippen LogP contribution in [-0.2, 0) is 11.2 Å². The second-order valence-electron chi connectivity index (χ2n) is 7.40. The van der Waals surface area contributed by atoms with Crippen molar-refractivity contribution >= 4 is 40.2 Å². The molecule has 0 spiro atoms. The van der Waals surface area contributed by atoms with Crippen LogP contribution in [0.5, 0.6) is 0 Å². The number of fused-ring (bicyclic) bond motifs is 1. The van der Waals surface area contributed by atoms with Crippen LogP contribution in [0.2, 0.25) is 0 Å². The standard InChI is InChI=1S/C26H24N4O2/c27-22-6-2-4-8-24(22)30-26(32)19-12-9-18(10-13-19)11-14-25(31)28-16-15-20-17-29-23-7-3-1-5-21(20)23/h1-14,17,29H,15-16,27H2,(H,28,31)(H,30,32). The lowest BCUT2D eigenvalue weighted by Crippen LogP contribution is -2.23. The molecule has 0 bridgehead atoms. The molecule has 4 aromatic rings. The molecule has 5 N–H and O–H groups in total. The van der Waals surface area contributed by atoms with Crippen LogP contribution < -0.4 is 16.4 Å². The van der Waals surface area contributed by atoms with E-state index in [0.717, 1.165) is 17.5 Å². The van der Waals surface area contributed by atoms with Gasteiger partial charge in [-0.3, -0.25) is 9.59 Å². The smallest absolute Gasteiger partial charge is 0.255 e. The van der Waals surface area contributed by atoms with Crippen molar-refractivity contribution in [2.45, 2.75) is 6.42 Å². The Balaban J connectivity index is 1.28. The third-order valence-corrected chi connectivity index (χ3v) is 5.18. The minimum absolute atomic E-state index is 0.161. The molecule has 0 aliphatic carbocycles. The molecule has 160 valence electrons. The highest BCUT2D eigenvalue weighted by Gasteiger charge is 2.07. The lowest BCUT2D eigenvalue weighted by atomic mass is 10.1. The molecule has 32 heavy (non-hydrogen) atoms. The first-order chi connectivity index (χ1) is 15.6. The quantitative estimate of drug-likeness (QED) is 0.262. The van der Waals surface area contributed by atoms with Gasteiger partial charge in [-0.1, -0.05) is 42.5 Å². The zero-order valence-corrected chi connectivity index (χ0v) is 17.5. The highest BCUT2D eigenvalue weighted by Crippen LogP contribution is 2.19. The monoisotopic (exact) mass is 424 g/mol. The van der Waals surface area contributed by atoms with Gasteiger partial charge in [-0.2, -0.15) is 0 Å². The molecule has 2 amide bonds. The molecule has 4 rings (SSSR count). The lowest BCUT2D eigenvalue weighted by Gasteiger charge is -2.08. The van der Waals surface area contributed by atoms with E-state index >= 15 is 0 Å². The van der Waals surface area contributed by atoms with Crippen molar-refractivity contribution in [2.75, 3.05) is 17.6 Å². The summed E-state index contributed by atoms with van der Waals surface area (Å²) >= 11 is 0. The van der Waals surface area contributed by atoms with Gasteiger partial charge >= 0.3 is 0 Å². The fourth-order valence-electron chi connectivity index (χ4n) is 3.44. The Labute approximate surface area is 186 Å². The molecule has 1 heterocycles. The van der Waals surface area contributed by atoms with Gasteiger partial charge in [0, 0.05) is 35.3 Å². The maximum atomic E-state index is 12.4. The van der Waals surface area contributed by atoms with Crippen LogP contribution in [-0.4, -0.2) is 23.3 Å². The van der Waals surface area contributed by atoms with E-state index in [2.05, 4.69) is 21.7 Å². The van der Waals surface area contributed by atoms with Crippen molar-refractivity contribution in [3.05, 3.63) is 102 Å². The second-order valence-corrected chi connectivity index (χ2v) is 7.40. The van der Waals surface area contributed by atoms with Crippen LogP contribution in [0, 0.1) is 0 Å². The van der Waals surface area contributed by atoms with Crippen LogP contribution in [0.3, 0.4) is 0 Å². The molecule has 0 aliphatic heterocycles. The fourth-order valence-corrected chi connectivity index (χ4v) is 3.44. The molecule has 0 fully saturated rings. The van der Waals surface area contributed by atoms with Crippen LogP contribution in [0.25, 0.3) is 17.0 Å². The minimum Gasteiger partial charge on any atom is -0.397 e. The van der Waals surface area contributed by atoms with E-state index in [0.29, 0.717) is 23.5 Å². The van der Waals surface area contributed by atoms with Gasteiger partial charge < -0.3 is 21.4 Å². The largest absolute Gasteiger partial charge is 0.397 e. The predicted octanol–water partition coefficient (Wildman–Crippen LogP) is 4.37. The predicted molar refractivity (Wildman–Crippen MR) is 129 cm³/mol. The highest BCUT2D eigenvalue weighted by atomic mass is 16.2. The van der Waals surface area contributed by atoms with E-state index in [1.807, 2.05) is 36.5 Å². The number of amides is 2. The Morgan fingerprint density at radius 2 is 1.69 bits per heavy atom. The maximum absolute atomic E-state index is 12.4. The van der Waals surface area contributed by atoms with E-state index < -0.39 is 0 Å². The van der Waals surface area contributed by atoms with Crippen molar-refractivity contribution in [1.29, 1.82) is 0 Å². The number of hydrogen-bond acceptors (Lipinski definition) is 3. The Bertz CT molecular complexity index is 1270. The van der Waals surface area contributed by atoms with E-state index in [-0.39, 0.29) is 11.8 Å². The topological polar surface area (TPSA) is 100 Å². The van der Waals surface area contributed by atoms with Crippen LogP contribution in [0.4, 0.5) is 11.4 Å². The van der Waals surface area contributed by atoms with Crippen LogP contribution >= 0.6 is 0 Å². The van der Waals surface area contributed by atoms with Crippen molar-refractivity contribution in [3.63, 3.8) is 0 Å². The first-order valence-corrected chi connectivity index (χ1v) is 10.4. The summed E-state index contributed by atoms with van der Waals surface area (Å²) in [5.41, 5.74) is 10.6. The molecular weight excluding hydrogens is 400 g/mol. The number of nitrogens with one attached hydrogen (secondary N) is 3. The molecule has 0 saturated carbocycles. The summed E-state index contributed by atoms with van der Waals surface area (Å²) in [6, 6.07) is 22.2. The van der Waals surface area contributed by atoms with Crippen molar-refractivity contribution in [2.24, 2.45) is 0 Å². The number of para-hydroxylation sites is 3. The number of carbonyl (C=O) groups is 2. The lowest BCUT2D eigenvalue weighted by molar-refractivity contribution is -0.116. The van der Waals surface area contributed by atoms with Gasteiger partial charge in [0.2, 0.25) is 5.91 Å². The molecule has 0 aliphatic rings. The number of benzene rings is 3. The first kappa shape index (κ1) is 20.9. The summed E-state index contributed by atoms with van der Waals surface area (Å²) in [7, 11) is 0. The Hall–Kier alpha value is -4.32. The molecule has 0 saturated heterocycles. The average molecular weight is 425 g/mol. The summed E-state index contributed by atoms with van der Waals surface area (Å²) in [4.78, 5) is 27.8. The Kier molecular flexibility index (Phi) is 6.32. The normalized spacial score (nSPS) is 11.0. The number of nitrogens with two attached hydrogens (primary N) is 1. The molecule has 6 nitrogen and oxygen atoms in total. The number of nitrogen functional groups attached to an aromatic ring is 1.